The molecule has 0 saturated heterocycles. The molecule has 0 radical (unpaired) electrons. The Morgan fingerprint density at radius 3 is 2.62 bits per heavy atom. The van der Waals surface area contributed by atoms with Crippen LogP contribution in [0.3, 0.4) is 0 Å². The van der Waals surface area contributed by atoms with Crippen molar-refractivity contribution >= 4 is 23.5 Å². The first-order valence-electron chi connectivity index (χ1n) is 7.51. The van der Waals surface area contributed by atoms with Crippen LogP contribution in [-0.4, -0.2) is 23.6 Å². The number of aryl methyl sites for hydroxylation is 1. The number of halogens is 1. The molecule has 0 aliphatic carbocycles. The van der Waals surface area contributed by atoms with Crippen molar-refractivity contribution in [2.45, 2.75) is 26.8 Å². The first-order chi connectivity index (χ1) is 11.5. The molecule has 1 aromatic heterocycles. The maximum absolute atomic E-state index is 12.2. The van der Waals surface area contributed by atoms with Crippen LogP contribution in [0, 0.1) is 0 Å². The van der Waals surface area contributed by atoms with Crippen LogP contribution < -0.4 is 10.1 Å². The molecule has 1 aromatic carbocycles. The normalized spacial score (nSPS) is 10.5. The van der Waals surface area contributed by atoms with Crippen molar-refractivity contribution in [3.63, 3.8) is 0 Å². The monoisotopic (exact) mass is 351 g/mol. The Kier molecular flexibility index (Phi) is 5.87. The zero-order chi connectivity index (χ0) is 17.7. The van der Waals surface area contributed by atoms with E-state index < -0.39 is 11.9 Å². The molecule has 7 heteroatoms. The van der Waals surface area contributed by atoms with Gasteiger partial charge in [-0.1, -0.05) is 24.6 Å². The van der Waals surface area contributed by atoms with Gasteiger partial charge < -0.3 is 19.6 Å². The summed E-state index contributed by atoms with van der Waals surface area (Å²) in [5.41, 5.74) is 0.763. The number of hydrogen-bond acceptors (Lipinski definition) is 4. The highest BCUT2D eigenvalue weighted by atomic mass is 35.5. The van der Waals surface area contributed by atoms with E-state index in [4.69, 9.17) is 25.9 Å². The molecular formula is C17H18ClNO5. The molecule has 0 aliphatic rings. The average molecular weight is 352 g/mol. The molecule has 2 N–H and O–H groups in total. The summed E-state index contributed by atoms with van der Waals surface area (Å²) in [6.45, 7) is 4.29. The third-order valence-electron chi connectivity index (χ3n) is 3.35. The summed E-state index contributed by atoms with van der Waals surface area (Å²) in [7, 11) is 0. The number of ether oxygens (including phenoxy) is 1. The van der Waals surface area contributed by atoms with Crippen molar-refractivity contribution in [2.24, 2.45) is 0 Å². The second-order valence-corrected chi connectivity index (χ2v) is 5.41. The number of carboxylic acid groups (broad SMARTS) is 1. The van der Waals surface area contributed by atoms with E-state index in [1.807, 2.05) is 6.92 Å². The van der Waals surface area contributed by atoms with Gasteiger partial charge in [-0.05, 0) is 19.1 Å². The van der Waals surface area contributed by atoms with Crippen LogP contribution in [0.2, 0.25) is 5.02 Å². The first kappa shape index (κ1) is 17.9. The number of carbonyl (C=O) groups excluding carboxylic acids is 1. The van der Waals surface area contributed by atoms with Crippen molar-refractivity contribution < 1.29 is 23.8 Å². The summed E-state index contributed by atoms with van der Waals surface area (Å²) in [5.74, 6) is -0.781. The maximum Gasteiger partial charge on any atom is 0.339 e. The molecule has 2 aromatic rings. The van der Waals surface area contributed by atoms with Crippen molar-refractivity contribution in [2.75, 3.05) is 6.61 Å². The molecule has 2 rings (SSSR count). The van der Waals surface area contributed by atoms with Gasteiger partial charge >= 0.3 is 5.97 Å². The quantitative estimate of drug-likeness (QED) is 0.796. The van der Waals surface area contributed by atoms with Crippen LogP contribution in [0.4, 0.5) is 0 Å². The zero-order valence-corrected chi connectivity index (χ0v) is 14.1. The van der Waals surface area contributed by atoms with Crippen molar-refractivity contribution in [1.29, 1.82) is 0 Å². The molecule has 0 fully saturated rings. The molecule has 0 atom stereocenters. The van der Waals surface area contributed by atoms with Gasteiger partial charge in [-0.3, -0.25) is 4.79 Å². The van der Waals surface area contributed by atoms with Crippen molar-refractivity contribution in [3.05, 3.63) is 51.9 Å². The van der Waals surface area contributed by atoms with Gasteiger partial charge in [0.25, 0.3) is 5.91 Å². The predicted octanol–water partition coefficient (Wildman–Crippen LogP) is 3.52. The van der Waals surface area contributed by atoms with Gasteiger partial charge in [0.2, 0.25) is 0 Å². The predicted molar refractivity (Wildman–Crippen MR) is 88.8 cm³/mol. The Labute approximate surface area is 144 Å². The van der Waals surface area contributed by atoms with Crippen LogP contribution in [0.15, 0.2) is 28.7 Å². The molecule has 1 amide bonds. The molecule has 24 heavy (non-hydrogen) atoms. The van der Waals surface area contributed by atoms with Gasteiger partial charge in [0, 0.05) is 29.6 Å². The van der Waals surface area contributed by atoms with Gasteiger partial charge in [0.15, 0.2) is 5.76 Å². The SMILES string of the molecule is CCOc1cc(Cl)ccc1CNC(=O)c1cc(C(=O)O)c(CC)o1. The minimum atomic E-state index is -1.12. The average Bonchev–Trinajstić information content (AvgIpc) is 2.99. The summed E-state index contributed by atoms with van der Waals surface area (Å²) in [5, 5.41) is 12.3. The van der Waals surface area contributed by atoms with Crippen LogP contribution in [-0.2, 0) is 13.0 Å². The van der Waals surface area contributed by atoms with E-state index in [-0.39, 0.29) is 23.6 Å². The van der Waals surface area contributed by atoms with Crippen LogP contribution >= 0.6 is 11.6 Å². The second kappa shape index (κ2) is 7.88. The molecule has 128 valence electrons. The Morgan fingerprint density at radius 1 is 1.29 bits per heavy atom. The van der Waals surface area contributed by atoms with Gasteiger partial charge in [0.05, 0.1) is 6.61 Å². The van der Waals surface area contributed by atoms with Gasteiger partial charge in [-0.15, -0.1) is 0 Å². The highest BCUT2D eigenvalue weighted by molar-refractivity contribution is 6.30. The number of carboxylic acids is 1. The number of carbonyl (C=O) groups is 2. The van der Waals surface area contributed by atoms with E-state index in [1.54, 1.807) is 25.1 Å². The molecule has 0 spiro atoms. The van der Waals surface area contributed by atoms with E-state index >= 15 is 0 Å². The Bertz CT molecular complexity index is 753. The molecule has 0 unspecified atom stereocenters. The highest BCUT2D eigenvalue weighted by Crippen LogP contribution is 2.24. The Balaban J connectivity index is 2.12. The number of hydrogen-bond donors (Lipinski definition) is 2. The lowest BCUT2D eigenvalue weighted by Gasteiger charge is -2.11. The maximum atomic E-state index is 12.2. The fraction of sp³-hybridized carbons (Fsp3) is 0.294. The fourth-order valence-corrected chi connectivity index (χ4v) is 2.37. The highest BCUT2D eigenvalue weighted by Gasteiger charge is 2.20. The standard InChI is InChI=1S/C17H18ClNO5/c1-3-13-12(17(21)22)8-15(24-13)16(20)19-9-10-5-6-11(18)7-14(10)23-4-2/h5-8H,3-4,9H2,1-2H3,(H,19,20)(H,21,22). The summed E-state index contributed by atoms with van der Waals surface area (Å²) in [4.78, 5) is 23.3. The summed E-state index contributed by atoms with van der Waals surface area (Å²) >= 11 is 5.94. The Hall–Kier alpha value is -2.47. The molecule has 1 heterocycles. The van der Waals surface area contributed by atoms with Crippen molar-refractivity contribution in [1.82, 2.24) is 5.32 Å². The number of amides is 1. The molecule has 0 aliphatic heterocycles. The van der Waals surface area contributed by atoms with Crippen LogP contribution in [0.25, 0.3) is 0 Å². The zero-order valence-electron chi connectivity index (χ0n) is 13.4. The number of nitrogens with one attached hydrogen (secondary N) is 1. The van der Waals surface area contributed by atoms with E-state index in [0.29, 0.717) is 23.8 Å². The molecular weight excluding hydrogens is 334 g/mol. The minimum absolute atomic E-state index is 0.00384. The van der Waals surface area contributed by atoms with Gasteiger partial charge in [-0.2, -0.15) is 0 Å². The fourth-order valence-electron chi connectivity index (χ4n) is 2.21. The third-order valence-corrected chi connectivity index (χ3v) is 3.59. The lowest BCUT2D eigenvalue weighted by atomic mass is 10.2. The van der Waals surface area contributed by atoms with Crippen LogP contribution in [0.5, 0.6) is 5.75 Å². The van der Waals surface area contributed by atoms with Gasteiger partial charge in [-0.25, -0.2) is 4.79 Å². The Morgan fingerprint density at radius 2 is 2.04 bits per heavy atom. The molecule has 6 nitrogen and oxygen atoms in total. The van der Waals surface area contributed by atoms with Gasteiger partial charge in [0.1, 0.15) is 17.1 Å². The van der Waals surface area contributed by atoms with Crippen molar-refractivity contribution in [3.8, 4) is 5.75 Å². The summed E-state index contributed by atoms with van der Waals surface area (Å²) in [6.07, 6.45) is 0.389. The van der Waals surface area contributed by atoms with E-state index in [0.717, 1.165) is 5.56 Å². The third kappa shape index (κ3) is 4.08. The number of aromatic carboxylic acids is 1. The molecule has 0 bridgehead atoms. The smallest absolute Gasteiger partial charge is 0.339 e. The number of furan rings is 1. The second-order valence-electron chi connectivity index (χ2n) is 4.97. The lowest BCUT2D eigenvalue weighted by Crippen LogP contribution is -2.22. The van der Waals surface area contributed by atoms with E-state index in [1.165, 1.54) is 6.07 Å². The summed E-state index contributed by atoms with van der Waals surface area (Å²) < 4.78 is 10.8. The number of benzene rings is 1. The minimum Gasteiger partial charge on any atom is -0.493 e. The van der Waals surface area contributed by atoms with Crippen LogP contribution in [0.1, 0.15) is 46.1 Å². The topological polar surface area (TPSA) is 88.8 Å². The summed E-state index contributed by atoms with van der Waals surface area (Å²) in [6, 6.07) is 6.38. The number of rotatable bonds is 7. The molecule has 0 saturated carbocycles. The van der Waals surface area contributed by atoms with E-state index in [9.17, 15) is 9.59 Å². The lowest BCUT2D eigenvalue weighted by molar-refractivity contribution is 0.0694. The largest absolute Gasteiger partial charge is 0.493 e. The first-order valence-corrected chi connectivity index (χ1v) is 7.89. The van der Waals surface area contributed by atoms with E-state index in [2.05, 4.69) is 5.32 Å².